The highest BCUT2D eigenvalue weighted by Crippen LogP contribution is 2.45. The average Bonchev–Trinajstić information content (AvgIpc) is 0.924. The Labute approximate surface area is 619 Å². The molecular weight excluding hydrogens is 1330 g/mol. The molecule has 0 aromatic heterocycles. The zero-order valence-electron chi connectivity index (χ0n) is 64.0. The zero-order chi connectivity index (χ0) is 74.6. The Kier molecular flexibility index (Phi) is 71.4. The number of carbonyl (C=O) groups is 4. The molecule has 0 heterocycles. The van der Waals surface area contributed by atoms with E-state index in [9.17, 15) is 43.2 Å². The van der Waals surface area contributed by atoms with E-state index in [-0.39, 0.29) is 25.7 Å². The van der Waals surface area contributed by atoms with Crippen molar-refractivity contribution in [2.24, 2.45) is 0 Å². The molecule has 0 rings (SSSR count). The van der Waals surface area contributed by atoms with Gasteiger partial charge in [-0.2, -0.15) is 0 Å². The third kappa shape index (κ3) is 73.8. The maximum Gasteiger partial charge on any atom is 0.472 e. The number of esters is 4. The summed E-state index contributed by atoms with van der Waals surface area (Å²) in [5, 5.41) is 10.6. The second kappa shape index (κ2) is 74.7. The van der Waals surface area contributed by atoms with Crippen molar-refractivity contribution in [1.82, 2.24) is 0 Å². The molecule has 586 valence electrons. The number of phosphoric ester groups is 2. The molecule has 0 bridgehead atoms. The molecule has 0 saturated carbocycles. The fourth-order valence-electron chi connectivity index (χ4n) is 10.3. The van der Waals surface area contributed by atoms with E-state index in [4.69, 9.17) is 37.0 Å². The molecule has 19 heteroatoms. The Hall–Kier alpha value is -4.54. The maximum absolute atomic E-state index is 13.1. The molecule has 0 amide bonds. The van der Waals surface area contributed by atoms with Crippen LogP contribution in [0.2, 0.25) is 0 Å². The number of allylic oxidation sites excluding steroid dienone is 20. The van der Waals surface area contributed by atoms with Crippen molar-refractivity contribution in [2.45, 2.75) is 341 Å². The van der Waals surface area contributed by atoms with Crippen molar-refractivity contribution in [3.63, 3.8) is 0 Å². The van der Waals surface area contributed by atoms with Gasteiger partial charge in [0, 0.05) is 25.7 Å². The van der Waals surface area contributed by atoms with Crippen molar-refractivity contribution in [1.29, 1.82) is 0 Å². The Morgan fingerprint density at radius 2 is 0.500 bits per heavy atom. The van der Waals surface area contributed by atoms with Gasteiger partial charge in [-0.3, -0.25) is 37.3 Å². The van der Waals surface area contributed by atoms with E-state index in [0.29, 0.717) is 32.1 Å². The van der Waals surface area contributed by atoms with Gasteiger partial charge in [0.25, 0.3) is 0 Å². The minimum atomic E-state index is -5.00. The quantitative estimate of drug-likeness (QED) is 0.0169. The summed E-state index contributed by atoms with van der Waals surface area (Å²) in [6, 6.07) is 0. The molecule has 0 aliphatic heterocycles. The van der Waals surface area contributed by atoms with Crippen molar-refractivity contribution in [2.75, 3.05) is 39.6 Å². The van der Waals surface area contributed by atoms with Gasteiger partial charge in [0.05, 0.1) is 26.4 Å². The first-order valence-corrected chi connectivity index (χ1v) is 42.8. The summed E-state index contributed by atoms with van der Waals surface area (Å²) in [7, 11) is -9.99. The molecule has 0 aliphatic carbocycles. The lowest BCUT2D eigenvalue weighted by molar-refractivity contribution is -0.161. The largest absolute Gasteiger partial charge is 0.472 e. The third-order valence-corrected chi connectivity index (χ3v) is 18.3. The molecule has 0 aromatic carbocycles. The van der Waals surface area contributed by atoms with Crippen LogP contribution in [0.15, 0.2) is 122 Å². The fourth-order valence-corrected chi connectivity index (χ4v) is 11.8. The van der Waals surface area contributed by atoms with Crippen molar-refractivity contribution < 1.29 is 80.2 Å². The summed E-state index contributed by atoms with van der Waals surface area (Å²) in [6.45, 7) is 4.67. The maximum atomic E-state index is 13.1. The van der Waals surface area contributed by atoms with E-state index in [0.717, 1.165) is 154 Å². The second-order valence-corrected chi connectivity index (χ2v) is 29.2. The minimum Gasteiger partial charge on any atom is -0.462 e. The Balaban J connectivity index is 5.44. The van der Waals surface area contributed by atoms with Crippen LogP contribution in [0.25, 0.3) is 0 Å². The van der Waals surface area contributed by atoms with Crippen LogP contribution in [0.4, 0.5) is 0 Å². The predicted octanol–water partition coefficient (Wildman–Crippen LogP) is 23.1. The van der Waals surface area contributed by atoms with E-state index in [1.54, 1.807) is 0 Å². The first-order valence-electron chi connectivity index (χ1n) is 39.8. The summed E-state index contributed by atoms with van der Waals surface area (Å²) >= 11 is 0. The smallest absolute Gasteiger partial charge is 0.462 e. The minimum absolute atomic E-state index is 0.0328. The summed E-state index contributed by atoms with van der Waals surface area (Å²) in [5.41, 5.74) is 0. The third-order valence-electron chi connectivity index (χ3n) is 16.4. The average molecular weight is 1470 g/mol. The summed E-state index contributed by atoms with van der Waals surface area (Å²) in [5.74, 6) is -2.31. The normalized spacial score (nSPS) is 14.5. The molecule has 0 saturated heterocycles. The van der Waals surface area contributed by atoms with Gasteiger partial charge < -0.3 is 33.8 Å². The van der Waals surface area contributed by atoms with Crippen LogP contribution in [0.1, 0.15) is 323 Å². The highest BCUT2D eigenvalue weighted by Gasteiger charge is 2.30. The molecule has 0 spiro atoms. The Morgan fingerprint density at radius 1 is 0.275 bits per heavy atom. The summed E-state index contributed by atoms with van der Waals surface area (Å²) < 4.78 is 68.5. The summed E-state index contributed by atoms with van der Waals surface area (Å²) in [6.07, 6.45) is 81.9. The Morgan fingerprint density at radius 3 is 0.824 bits per heavy atom. The first-order chi connectivity index (χ1) is 49.7. The lowest BCUT2D eigenvalue weighted by Gasteiger charge is -2.21. The molecular formula is C83H142O17P2. The number of hydrogen-bond acceptors (Lipinski definition) is 15. The van der Waals surface area contributed by atoms with Crippen LogP contribution < -0.4 is 0 Å². The number of aliphatic hydroxyl groups is 1. The summed E-state index contributed by atoms with van der Waals surface area (Å²) in [4.78, 5) is 72.9. The first kappa shape index (κ1) is 97.5. The molecule has 102 heavy (non-hydrogen) atoms. The fraction of sp³-hybridized carbons (Fsp3) is 0.711. The number of rotatable bonds is 74. The van der Waals surface area contributed by atoms with E-state index < -0.39 is 97.5 Å². The number of phosphoric acid groups is 2. The highest BCUT2D eigenvalue weighted by molar-refractivity contribution is 7.47. The van der Waals surface area contributed by atoms with Gasteiger partial charge in [0.2, 0.25) is 0 Å². The standard InChI is InChI=1S/C83H142O17P2/c1-5-9-13-17-21-25-29-33-36-37-38-39-42-45-48-52-56-60-64-68-81(86)94-74-79(100-83(88)70-66-62-58-54-50-46-41-35-31-27-23-19-15-11-7-3)76-98-102(91,92)96-72-77(84)71-95-101(89,90)97-75-78(99-82(87)69-65-61-57-53-49-43-32-28-24-20-16-12-8-4)73-93-80(85)67-63-59-55-51-47-44-40-34-30-26-22-18-14-10-6-2/h21-23,25-28,32-36,38-41,45,48,56,60,77-79,84H,5-20,24,29-31,37,42-44,46-47,49-55,57-59,61-76H2,1-4H3,(H,89,90)(H,91,92)/b25-21-,26-22-,27-23-,32-28-,36-33-,39-38-,40-34-,41-35-,48-45-,60-56-/t77-,78+,79+/m0/s1. The van der Waals surface area contributed by atoms with Crippen LogP contribution in [-0.4, -0.2) is 96.7 Å². The molecule has 0 radical (unpaired) electrons. The van der Waals surface area contributed by atoms with Gasteiger partial charge in [0.15, 0.2) is 12.2 Å². The monoisotopic (exact) mass is 1470 g/mol. The molecule has 2 unspecified atom stereocenters. The van der Waals surface area contributed by atoms with Crippen LogP contribution >= 0.6 is 15.6 Å². The lowest BCUT2D eigenvalue weighted by Crippen LogP contribution is -2.30. The van der Waals surface area contributed by atoms with Crippen molar-refractivity contribution >= 4 is 39.5 Å². The SMILES string of the molecule is CCCCC/C=C\C/C=C\C/C=C\C/C=C\C/C=C\CCC(=O)OC[C@H](COP(=O)(O)OC[C@@H](O)COP(=O)(O)OC[C@@H](COC(=O)CCCCCCC/C=C\C/C=C\CCCCC)OC(=O)CCCCCCC/C=C\CCCCCC)OC(=O)CCCCCCC/C=C\C/C=C\CCCCC. The van der Waals surface area contributed by atoms with E-state index in [1.807, 2.05) is 12.2 Å². The van der Waals surface area contributed by atoms with E-state index in [1.165, 1.54) is 83.5 Å². The number of carbonyl (C=O) groups excluding carboxylic acids is 4. The van der Waals surface area contributed by atoms with E-state index >= 15 is 0 Å². The molecule has 0 aromatic rings. The Bertz CT molecular complexity index is 2410. The van der Waals surface area contributed by atoms with Crippen molar-refractivity contribution in [3.8, 4) is 0 Å². The van der Waals surface area contributed by atoms with E-state index in [2.05, 4.69) is 137 Å². The van der Waals surface area contributed by atoms with Gasteiger partial charge in [-0.05, 0) is 154 Å². The highest BCUT2D eigenvalue weighted by atomic mass is 31.2. The van der Waals surface area contributed by atoms with Gasteiger partial charge in [-0.1, -0.05) is 265 Å². The van der Waals surface area contributed by atoms with Crippen LogP contribution in [0.5, 0.6) is 0 Å². The van der Waals surface area contributed by atoms with Crippen molar-refractivity contribution in [3.05, 3.63) is 122 Å². The van der Waals surface area contributed by atoms with Gasteiger partial charge in [0.1, 0.15) is 19.3 Å². The molecule has 0 aliphatic rings. The topological polar surface area (TPSA) is 237 Å². The predicted molar refractivity (Wildman–Crippen MR) is 418 cm³/mol. The van der Waals surface area contributed by atoms with Gasteiger partial charge >= 0.3 is 39.5 Å². The number of aliphatic hydroxyl groups excluding tert-OH is 1. The molecule has 17 nitrogen and oxygen atoms in total. The van der Waals surface area contributed by atoms with Crippen LogP contribution in [0.3, 0.4) is 0 Å². The zero-order valence-corrected chi connectivity index (χ0v) is 65.8. The molecule has 5 atom stereocenters. The second-order valence-electron chi connectivity index (χ2n) is 26.3. The molecule has 3 N–H and O–H groups in total. The van der Waals surface area contributed by atoms with Crippen LogP contribution in [-0.2, 0) is 65.4 Å². The van der Waals surface area contributed by atoms with Crippen LogP contribution in [0, 0.1) is 0 Å². The van der Waals surface area contributed by atoms with Gasteiger partial charge in [-0.15, -0.1) is 0 Å². The lowest BCUT2D eigenvalue weighted by atomic mass is 10.1. The molecule has 0 fully saturated rings. The number of unbranched alkanes of at least 4 members (excludes halogenated alkanes) is 28. The number of ether oxygens (including phenoxy) is 4. The number of hydrogen-bond donors (Lipinski definition) is 3. The van der Waals surface area contributed by atoms with Gasteiger partial charge in [-0.25, -0.2) is 9.13 Å².